The molecule has 4 nitrogen and oxygen atoms in total. The van der Waals surface area contributed by atoms with E-state index in [9.17, 15) is 0 Å². The molecule has 0 aliphatic rings. The molecule has 2 aromatic heterocycles. The fourth-order valence-corrected chi connectivity index (χ4v) is 2.17. The van der Waals surface area contributed by atoms with Crippen molar-refractivity contribution in [2.75, 3.05) is 0 Å². The van der Waals surface area contributed by atoms with E-state index in [2.05, 4.69) is 49.5 Å². The van der Waals surface area contributed by atoms with Gasteiger partial charge in [-0.3, -0.25) is 0 Å². The van der Waals surface area contributed by atoms with Gasteiger partial charge in [-0.05, 0) is 41.5 Å². The van der Waals surface area contributed by atoms with Gasteiger partial charge in [-0.15, -0.1) is 0 Å². The van der Waals surface area contributed by atoms with Gasteiger partial charge in [-0.25, -0.2) is 19.9 Å². The molecular weight excluding hydrogens is 363 g/mol. The van der Waals surface area contributed by atoms with E-state index in [-0.39, 0.29) is 0 Å². The number of halogens is 2. The number of rotatable bonds is 3. The Balaban J connectivity index is 2.48. The van der Waals surface area contributed by atoms with E-state index in [0.29, 0.717) is 16.8 Å². The molecule has 0 unspecified atom stereocenters. The van der Waals surface area contributed by atoms with E-state index in [4.69, 9.17) is 11.6 Å². The Labute approximate surface area is 124 Å². The number of hydrogen-bond acceptors (Lipinski definition) is 4. The van der Waals surface area contributed by atoms with Crippen LogP contribution >= 0.6 is 34.2 Å². The molecule has 2 heterocycles. The van der Waals surface area contributed by atoms with E-state index in [1.165, 1.54) is 0 Å². The third kappa shape index (κ3) is 2.95. The zero-order valence-electron chi connectivity index (χ0n) is 10.1. The van der Waals surface area contributed by atoms with Crippen LogP contribution in [0, 0.1) is 10.5 Å². The van der Waals surface area contributed by atoms with Crippen LogP contribution in [-0.4, -0.2) is 19.9 Å². The first-order valence-electron chi connectivity index (χ1n) is 5.62. The molecule has 0 spiro atoms. The minimum absolute atomic E-state index is 0.466. The molecule has 0 N–H and O–H groups in total. The van der Waals surface area contributed by atoms with Gasteiger partial charge in [0.25, 0.3) is 0 Å². The summed E-state index contributed by atoms with van der Waals surface area (Å²) < 4.78 is 0.909. The molecule has 0 saturated carbocycles. The van der Waals surface area contributed by atoms with E-state index < -0.39 is 0 Å². The molecule has 0 aromatic carbocycles. The number of nitrogens with zero attached hydrogens (tertiary/aromatic N) is 4. The first kappa shape index (κ1) is 13.6. The van der Waals surface area contributed by atoms with Gasteiger partial charge in [0.15, 0.2) is 11.6 Å². The summed E-state index contributed by atoms with van der Waals surface area (Å²) in [4.78, 5) is 17.2. The first-order chi connectivity index (χ1) is 8.61. The maximum absolute atomic E-state index is 6.12. The van der Waals surface area contributed by atoms with Crippen LogP contribution in [0.2, 0.25) is 5.15 Å². The van der Waals surface area contributed by atoms with E-state index >= 15 is 0 Å². The summed E-state index contributed by atoms with van der Waals surface area (Å²) in [6.45, 7) is 4.04. The van der Waals surface area contributed by atoms with Gasteiger partial charge >= 0.3 is 0 Å². The maximum Gasteiger partial charge on any atom is 0.199 e. The fraction of sp³-hybridized carbons (Fsp3) is 0.333. The Hall–Kier alpha value is -0.820. The van der Waals surface area contributed by atoms with Crippen LogP contribution in [0.3, 0.4) is 0 Å². The molecule has 0 saturated heterocycles. The second kappa shape index (κ2) is 5.88. The van der Waals surface area contributed by atoms with Crippen molar-refractivity contribution in [3.05, 3.63) is 32.4 Å². The van der Waals surface area contributed by atoms with Crippen LogP contribution in [0.1, 0.15) is 24.6 Å². The van der Waals surface area contributed by atoms with Crippen LogP contribution in [0.4, 0.5) is 0 Å². The van der Waals surface area contributed by atoms with Gasteiger partial charge in [0, 0.05) is 12.4 Å². The Morgan fingerprint density at radius 3 is 2.44 bits per heavy atom. The fourth-order valence-electron chi connectivity index (χ4n) is 1.47. The summed E-state index contributed by atoms with van der Waals surface area (Å²) in [6, 6.07) is 0. The Morgan fingerprint density at radius 2 is 1.83 bits per heavy atom. The standard InChI is InChI=1S/C12H12ClIN4/c1-3-4-8-9(14)10(13)18-12(17-8)11-15-5-7(2)6-16-11/h5-6H,3-4H2,1-2H3. The molecule has 0 aliphatic heterocycles. The second-order valence-electron chi connectivity index (χ2n) is 3.93. The van der Waals surface area contributed by atoms with E-state index in [1.807, 2.05) is 6.92 Å². The molecule has 6 heteroatoms. The molecule has 0 amide bonds. The second-order valence-corrected chi connectivity index (χ2v) is 5.37. The summed E-state index contributed by atoms with van der Waals surface area (Å²) >= 11 is 8.29. The zero-order chi connectivity index (χ0) is 13.1. The van der Waals surface area contributed by atoms with E-state index in [1.54, 1.807) is 12.4 Å². The lowest BCUT2D eigenvalue weighted by molar-refractivity contribution is 0.863. The van der Waals surface area contributed by atoms with Crippen LogP contribution in [0.15, 0.2) is 12.4 Å². The quantitative estimate of drug-likeness (QED) is 0.610. The topological polar surface area (TPSA) is 51.6 Å². The summed E-state index contributed by atoms with van der Waals surface area (Å²) in [7, 11) is 0. The van der Waals surface area contributed by atoms with Crippen molar-refractivity contribution in [2.24, 2.45) is 0 Å². The molecule has 0 fully saturated rings. The van der Waals surface area contributed by atoms with Gasteiger partial charge in [0.05, 0.1) is 9.26 Å². The lowest BCUT2D eigenvalue weighted by Crippen LogP contribution is -2.02. The molecule has 0 aliphatic carbocycles. The van der Waals surface area contributed by atoms with Crippen molar-refractivity contribution in [3.63, 3.8) is 0 Å². The minimum Gasteiger partial charge on any atom is -0.234 e. The lowest BCUT2D eigenvalue weighted by atomic mass is 10.2. The van der Waals surface area contributed by atoms with Crippen molar-refractivity contribution in [3.8, 4) is 11.6 Å². The van der Waals surface area contributed by atoms with Gasteiger partial charge in [-0.2, -0.15) is 0 Å². The largest absolute Gasteiger partial charge is 0.234 e. The van der Waals surface area contributed by atoms with E-state index in [0.717, 1.165) is 27.7 Å². The smallest absolute Gasteiger partial charge is 0.199 e. The van der Waals surface area contributed by atoms with Crippen LogP contribution in [-0.2, 0) is 6.42 Å². The monoisotopic (exact) mass is 374 g/mol. The number of aromatic nitrogens is 4. The van der Waals surface area contributed by atoms with Gasteiger partial charge in [0.1, 0.15) is 5.15 Å². The summed E-state index contributed by atoms with van der Waals surface area (Å²) in [6.07, 6.45) is 5.38. The average molecular weight is 375 g/mol. The van der Waals surface area contributed by atoms with Crippen LogP contribution in [0.5, 0.6) is 0 Å². The SMILES string of the molecule is CCCc1nc(-c2ncc(C)cn2)nc(Cl)c1I. The highest BCUT2D eigenvalue weighted by Crippen LogP contribution is 2.23. The molecule has 0 atom stereocenters. The highest BCUT2D eigenvalue weighted by Gasteiger charge is 2.13. The lowest BCUT2D eigenvalue weighted by Gasteiger charge is -2.06. The molecular formula is C12H12ClIN4. The van der Waals surface area contributed by atoms with Crippen molar-refractivity contribution in [2.45, 2.75) is 26.7 Å². The normalized spacial score (nSPS) is 10.7. The Bertz CT molecular complexity index is 557. The Kier molecular flexibility index (Phi) is 4.45. The number of aryl methyl sites for hydroxylation is 2. The average Bonchev–Trinajstić information content (AvgIpc) is 2.36. The van der Waals surface area contributed by atoms with Crippen LogP contribution < -0.4 is 0 Å². The third-order valence-corrected chi connectivity index (χ3v) is 4.07. The van der Waals surface area contributed by atoms with Gasteiger partial charge in [0.2, 0.25) is 0 Å². The molecule has 0 radical (unpaired) electrons. The third-order valence-electron chi connectivity index (χ3n) is 2.35. The van der Waals surface area contributed by atoms with Crippen molar-refractivity contribution >= 4 is 34.2 Å². The van der Waals surface area contributed by atoms with Crippen molar-refractivity contribution in [1.82, 2.24) is 19.9 Å². The first-order valence-corrected chi connectivity index (χ1v) is 7.08. The maximum atomic E-state index is 6.12. The molecule has 94 valence electrons. The van der Waals surface area contributed by atoms with Crippen molar-refractivity contribution < 1.29 is 0 Å². The predicted molar refractivity (Wildman–Crippen MR) is 79.5 cm³/mol. The summed E-state index contributed by atoms with van der Waals surface area (Å²) in [5.41, 5.74) is 1.96. The molecule has 18 heavy (non-hydrogen) atoms. The molecule has 2 rings (SSSR count). The highest BCUT2D eigenvalue weighted by atomic mass is 127. The van der Waals surface area contributed by atoms with Gasteiger partial charge in [-0.1, -0.05) is 24.9 Å². The Morgan fingerprint density at radius 1 is 1.17 bits per heavy atom. The van der Waals surface area contributed by atoms with Crippen molar-refractivity contribution in [1.29, 1.82) is 0 Å². The van der Waals surface area contributed by atoms with Crippen LogP contribution in [0.25, 0.3) is 11.6 Å². The predicted octanol–water partition coefficient (Wildman–Crippen LogP) is 3.45. The highest BCUT2D eigenvalue weighted by molar-refractivity contribution is 14.1. The van der Waals surface area contributed by atoms with Gasteiger partial charge < -0.3 is 0 Å². The summed E-state index contributed by atoms with van der Waals surface area (Å²) in [5, 5.41) is 0.466. The minimum atomic E-state index is 0.466. The molecule has 2 aromatic rings. The summed E-state index contributed by atoms with van der Waals surface area (Å²) in [5.74, 6) is 1.00. The molecule has 0 bridgehead atoms. The zero-order valence-corrected chi connectivity index (χ0v) is 13.0. The number of hydrogen-bond donors (Lipinski definition) is 0.